The lowest BCUT2D eigenvalue weighted by Gasteiger charge is -2.63. The van der Waals surface area contributed by atoms with Crippen LogP contribution in [0.4, 0.5) is 0 Å². The molecule has 4 aliphatic carbocycles. The second-order valence-electron chi connectivity index (χ2n) is 13.2. The van der Waals surface area contributed by atoms with E-state index >= 15 is 0 Å². The molecule has 0 radical (unpaired) electrons. The number of carbonyl (C=O) groups is 1. The molecule has 4 fully saturated rings. The predicted octanol–water partition coefficient (Wildman–Crippen LogP) is 6.03. The average molecular weight is 445 g/mol. The minimum Gasteiger partial charge on any atom is -0.393 e. The number of aliphatic hydroxyl groups is 2. The maximum atomic E-state index is 12.8. The summed E-state index contributed by atoms with van der Waals surface area (Å²) in [6.07, 6.45) is 7.81. The van der Waals surface area contributed by atoms with E-state index in [0.717, 1.165) is 24.8 Å². The normalized spacial score (nSPS) is 49.2. The Kier molecular flexibility index (Phi) is 6.51. The van der Waals surface area contributed by atoms with Crippen LogP contribution in [0.3, 0.4) is 0 Å². The van der Waals surface area contributed by atoms with Crippen molar-refractivity contribution in [2.24, 2.45) is 58.2 Å². The minimum absolute atomic E-state index is 0.127. The molecular weight excluding hydrogens is 396 g/mol. The summed E-state index contributed by atoms with van der Waals surface area (Å²) in [6.45, 7) is 17.5. The van der Waals surface area contributed by atoms with Gasteiger partial charge in [-0.3, -0.25) is 4.79 Å². The zero-order chi connectivity index (χ0) is 23.6. The maximum absolute atomic E-state index is 12.8. The highest BCUT2D eigenvalue weighted by molar-refractivity contribution is 5.95. The molecule has 0 spiro atoms. The van der Waals surface area contributed by atoms with Gasteiger partial charge in [0.15, 0.2) is 5.78 Å². The summed E-state index contributed by atoms with van der Waals surface area (Å²) in [5, 5.41) is 22.2. The molecule has 0 heterocycles. The van der Waals surface area contributed by atoms with E-state index in [4.69, 9.17) is 0 Å². The van der Waals surface area contributed by atoms with Crippen LogP contribution in [0.25, 0.3) is 0 Å². The summed E-state index contributed by atoms with van der Waals surface area (Å²) in [7, 11) is 0. The number of Topliss-reactive ketones (excluding diaryl/α,β-unsaturated/α-hetero) is 1. The molecule has 4 rings (SSSR count). The van der Waals surface area contributed by atoms with Crippen LogP contribution in [0, 0.1) is 58.2 Å². The van der Waals surface area contributed by atoms with Crippen molar-refractivity contribution < 1.29 is 15.0 Å². The maximum Gasteiger partial charge on any atom is 0.158 e. The summed E-state index contributed by atoms with van der Waals surface area (Å²) in [4.78, 5) is 12.8. The largest absolute Gasteiger partial charge is 0.393 e. The zero-order valence-corrected chi connectivity index (χ0v) is 21.4. The molecule has 4 aliphatic rings. The van der Waals surface area contributed by atoms with E-state index < -0.39 is 0 Å². The van der Waals surface area contributed by atoms with E-state index in [1.165, 1.54) is 25.7 Å². The first kappa shape index (κ1) is 24.5. The van der Waals surface area contributed by atoms with Crippen molar-refractivity contribution >= 4 is 5.78 Å². The van der Waals surface area contributed by atoms with E-state index in [0.29, 0.717) is 47.8 Å². The monoisotopic (exact) mass is 444 g/mol. The second kappa shape index (κ2) is 8.52. The standard InChI is InChI=1S/C29H48O3/c1-16(2)18(4)25(31)14-17(3)21-10-11-23-20-8-9-22-19(5)24(30)12-13-28(22,6)27(20)26(32)15-29(21,23)7/h16-17,19-24,26-27,30,32H,4,8-15H2,1-3,5-7H3/t17-,19+,20?,21-,22+,23?,24+,26+,27-,28+,29-/m1/s1. The Morgan fingerprint density at radius 3 is 2.28 bits per heavy atom. The number of rotatable bonds is 5. The molecule has 0 bridgehead atoms. The fourth-order valence-corrected chi connectivity index (χ4v) is 9.70. The van der Waals surface area contributed by atoms with Gasteiger partial charge in [-0.2, -0.15) is 0 Å². The Labute approximate surface area is 196 Å². The molecule has 3 nitrogen and oxygen atoms in total. The molecule has 0 aromatic heterocycles. The van der Waals surface area contributed by atoms with Gasteiger partial charge in [-0.05, 0) is 109 Å². The summed E-state index contributed by atoms with van der Waals surface area (Å²) in [5.74, 6) is 3.78. The van der Waals surface area contributed by atoms with Crippen LogP contribution in [0.2, 0.25) is 0 Å². The van der Waals surface area contributed by atoms with Crippen molar-refractivity contribution in [1.29, 1.82) is 0 Å². The van der Waals surface area contributed by atoms with Gasteiger partial charge in [0.25, 0.3) is 0 Å². The molecule has 182 valence electrons. The molecule has 0 aromatic rings. The lowest BCUT2D eigenvalue weighted by atomic mass is 9.42. The van der Waals surface area contributed by atoms with E-state index in [2.05, 4.69) is 48.1 Å². The molecule has 0 aromatic carbocycles. The molecule has 2 unspecified atom stereocenters. The summed E-state index contributed by atoms with van der Waals surface area (Å²) in [6, 6.07) is 0. The van der Waals surface area contributed by atoms with Crippen LogP contribution in [0.1, 0.15) is 92.9 Å². The van der Waals surface area contributed by atoms with Gasteiger partial charge in [0, 0.05) is 6.42 Å². The Morgan fingerprint density at radius 1 is 0.969 bits per heavy atom. The van der Waals surface area contributed by atoms with Gasteiger partial charge < -0.3 is 10.2 Å². The number of allylic oxidation sites excluding steroid dienone is 1. The Balaban J connectivity index is 1.55. The van der Waals surface area contributed by atoms with E-state index in [-0.39, 0.29) is 34.7 Å². The average Bonchev–Trinajstić information content (AvgIpc) is 3.06. The van der Waals surface area contributed by atoms with Crippen molar-refractivity contribution in [1.82, 2.24) is 0 Å². The number of fused-ring (bicyclic) bond motifs is 5. The third kappa shape index (κ3) is 3.65. The smallest absolute Gasteiger partial charge is 0.158 e. The summed E-state index contributed by atoms with van der Waals surface area (Å²) < 4.78 is 0. The van der Waals surface area contributed by atoms with Crippen molar-refractivity contribution in [3.63, 3.8) is 0 Å². The van der Waals surface area contributed by atoms with Crippen LogP contribution in [0.5, 0.6) is 0 Å². The number of hydrogen-bond donors (Lipinski definition) is 2. The molecule has 2 N–H and O–H groups in total. The molecule has 32 heavy (non-hydrogen) atoms. The van der Waals surface area contributed by atoms with Crippen molar-refractivity contribution in [3.8, 4) is 0 Å². The number of aliphatic hydroxyl groups excluding tert-OH is 2. The van der Waals surface area contributed by atoms with Crippen LogP contribution in [-0.4, -0.2) is 28.2 Å². The highest BCUT2D eigenvalue weighted by atomic mass is 16.3. The minimum atomic E-state index is -0.259. The van der Waals surface area contributed by atoms with Crippen LogP contribution in [-0.2, 0) is 4.79 Å². The van der Waals surface area contributed by atoms with Gasteiger partial charge in [-0.1, -0.05) is 48.1 Å². The van der Waals surface area contributed by atoms with Gasteiger partial charge >= 0.3 is 0 Å². The van der Waals surface area contributed by atoms with Crippen molar-refractivity contribution in [2.45, 2.75) is 105 Å². The van der Waals surface area contributed by atoms with Crippen LogP contribution in [0.15, 0.2) is 12.2 Å². The van der Waals surface area contributed by atoms with Gasteiger partial charge in [0.2, 0.25) is 0 Å². The lowest BCUT2D eigenvalue weighted by Crippen LogP contribution is -2.60. The zero-order valence-electron chi connectivity index (χ0n) is 21.4. The predicted molar refractivity (Wildman–Crippen MR) is 130 cm³/mol. The first-order valence-electron chi connectivity index (χ1n) is 13.5. The Hall–Kier alpha value is -0.670. The molecule has 0 aliphatic heterocycles. The number of ketones is 1. The number of hydrogen-bond acceptors (Lipinski definition) is 3. The molecule has 0 saturated heterocycles. The first-order chi connectivity index (χ1) is 14.9. The van der Waals surface area contributed by atoms with Crippen LogP contribution >= 0.6 is 0 Å². The van der Waals surface area contributed by atoms with E-state index in [9.17, 15) is 15.0 Å². The fraction of sp³-hybridized carbons (Fsp3) is 0.897. The topological polar surface area (TPSA) is 57.5 Å². The first-order valence-corrected chi connectivity index (χ1v) is 13.5. The highest BCUT2D eigenvalue weighted by Crippen LogP contribution is 2.68. The molecule has 3 heteroatoms. The fourth-order valence-electron chi connectivity index (χ4n) is 9.70. The SMILES string of the molecule is C=C(C(=O)C[C@@H](C)[C@H]1CCC2C3CC[C@H]4[C@H](C)[C@@H](O)CC[C@]4(C)[C@H]3[C@@H](O)C[C@@]21C)C(C)C. The van der Waals surface area contributed by atoms with Crippen LogP contribution < -0.4 is 0 Å². The third-order valence-corrected chi connectivity index (χ3v) is 11.4. The highest BCUT2D eigenvalue weighted by Gasteiger charge is 2.64. The second-order valence-corrected chi connectivity index (χ2v) is 13.2. The molecule has 0 amide bonds. The Bertz CT molecular complexity index is 743. The quantitative estimate of drug-likeness (QED) is 0.509. The molecule has 11 atom stereocenters. The van der Waals surface area contributed by atoms with E-state index in [1.807, 2.05) is 0 Å². The van der Waals surface area contributed by atoms with Gasteiger partial charge in [0.05, 0.1) is 12.2 Å². The van der Waals surface area contributed by atoms with Crippen molar-refractivity contribution in [3.05, 3.63) is 12.2 Å². The molecule has 4 saturated carbocycles. The summed E-state index contributed by atoms with van der Waals surface area (Å²) >= 11 is 0. The van der Waals surface area contributed by atoms with Crippen molar-refractivity contribution in [2.75, 3.05) is 0 Å². The summed E-state index contributed by atoms with van der Waals surface area (Å²) in [5.41, 5.74) is 1.04. The lowest BCUT2D eigenvalue weighted by molar-refractivity contribution is -0.192. The van der Waals surface area contributed by atoms with Gasteiger partial charge in [-0.25, -0.2) is 0 Å². The third-order valence-electron chi connectivity index (χ3n) is 11.4. The van der Waals surface area contributed by atoms with Gasteiger partial charge in [-0.15, -0.1) is 0 Å². The molecular formula is C29H48O3. The number of carbonyl (C=O) groups excluding carboxylic acids is 1. The van der Waals surface area contributed by atoms with Gasteiger partial charge in [0.1, 0.15) is 0 Å². The Morgan fingerprint density at radius 2 is 1.62 bits per heavy atom. The van der Waals surface area contributed by atoms with E-state index in [1.54, 1.807) is 0 Å².